The number of nitrogens with one attached hydrogen (secondary N) is 1. The number of rotatable bonds is 7. The molecule has 1 unspecified atom stereocenters. The summed E-state index contributed by atoms with van der Waals surface area (Å²) in [6, 6.07) is 8.77. The first-order valence-electron chi connectivity index (χ1n) is 10.1. The maximum atomic E-state index is 12.6. The number of carbonyl (C=O) groups is 1. The Morgan fingerprint density at radius 3 is 2.75 bits per heavy atom. The van der Waals surface area contributed by atoms with E-state index in [0.717, 1.165) is 11.8 Å². The zero-order valence-electron chi connectivity index (χ0n) is 18.2. The molecular weight excluding hydrogens is 456 g/mol. The normalized spacial score (nSPS) is 17.4. The molecule has 2 aromatic rings. The Kier molecular flexibility index (Phi) is 7.94. The molecule has 0 aliphatic carbocycles. The smallest absolute Gasteiger partial charge is 0.415 e. The monoisotopic (exact) mass is 482 g/mol. The molecule has 2 heterocycles. The number of pyridine rings is 1. The SMILES string of the molecule is CC(C)Oc1cc(CN2CCN(C(=O)Oc3cccnc3)CC2NS(C)(=O)=O)ccc1Cl. The standard InChI is InChI=1S/C21H27ClN4O5S/c1-15(2)30-19-11-16(6-7-18(19)22)13-25-9-10-26(14-20(25)24-32(3,28)29)21(27)31-17-5-4-8-23-12-17/h4-8,11-12,15,20,24H,9-10,13-14H2,1-3H3. The first-order chi connectivity index (χ1) is 15.1. The minimum Gasteiger partial charge on any atom is -0.489 e. The summed E-state index contributed by atoms with van der Waals surface area (Å²) in [6.07, 6.45) is 2.91. The van der Waals surface area contributed by atoms with Crippen LogP contribution in [-0.4, -0.2) is 67.5 Å². The van der Waals surface area contributed by atoms with Gasteiger partial charge in [0, 0.05) is 25.8 Å². The highest BCUT2D eigenvalue weighted by Gasteiger charge is 2.32. The van der Waals surface area contributed by atoms with E-state index in [4.69, 9.17) is 21.1 Å². The van der Waals surface area contributed by atoms with Gasteiger partial charge in [0.15, 0.2) is 5.75 Å². The van der Waals surface area contributed by atoms with Gasteiger partial charge in [-0.15, -0.1) is 0 Å². The number of benzene rings is 1. The number of ether oxygens (including phenoxy) is 2. The lowest BCUT2D eigenvalue weighted by atomic mass is 10.1. The second-order valence-electron chi connectivity index (χ2n) is 7.81. The van der Waals surface area contributed by atoms with E-state index in [-0.39, 0.29) is 12.6 Å². The van der Waals surface area contributed by atoms with Gasteiger partial charge in [-0.2, -0.15) is 4.72 Å². The molecule has 1 saturated heterocycles. The summed E-state index contributed by atoms with van der Waals surface area (Å²) >= 11 is 6.23. The summed E-state index contributed by atoms with van der Waals surface area (Å²) in [5.74, 6) is 0.900. The first kappa shape index (κ1) is 24.2. The van der Waals surface area contributed by atoms with Crippen molar-refractivity contribution in [2.24, 2.45) is 0 Å². The van der Waals surface area contributed by atoms with Gasteiger partial charge < -0.3 is 14.4 Å². The maximum Gasteiger partial charge on any atom is 0.415 e. The Balaban J connectivity index is 1.73. The quantitative estimate of drug-likeness (QED) is 0.647. The van der Waals surface area contributed by atoms with E-state index in [9.17, 15) is 13.2 Å². The van der Waals surface area contributed by atoms with Crippen LogP contribution in [0.25, 0.3) is 0 Å². The van der Waals surface area contributed by atoms with Crippen molar-refractivity contribution in [3.05, 3.63) is 53.3 Å². The van der Waals surface area contributed by atoms with Crippen molar-refractivity contribution in [1.29, 1.82) is 0 Å². The number of halogens is 1. The molecule has 1 aromatic heterocycles. The van der Waals surface area contributed by atoms with E-state index in [1.165, 1.54) is 11.1 Å². The fourth-order valence-electron chi connectivity index (χ4n) is 3.33. The molecule has 32 heavy (non-hydrogen) atoms. The molecule has 11 heteroatoms. The largest absolute Gasteiger partial charge is 0.489 e. The molecule has 1 atom stereocenters. The Bertz CT molecular complexity index is 1040. The van der Waals surface area contributed by atoms with Crippen molar-refractivity contribution in [3.8, 4) is 11.5 Å². The van der Waals surface area contributed by atoms with Gasteiger partial charge >= 0.3 is 6.09 Å². The minimum absolute atomic E-state index is 0.0308. The van der Waals surface area contributed by atoms with Gasteiger partial charge in [-0.05, 0) is 43.7 Å². The summed E-state index contributed by atoms with van der Waals surface area (Å²) in [4.78, 5) is 19.9. The Morgan fingerprint density at radius 2 is 2.09 bits per heavy atom. The van der Waals surface area contributed by atoms with Crippen molar-refractivity contribution >= 4 is 27.7 Å². The second kappa shape index (κ2) is 10.5. The molecule has 1 N–H and O–H groups in total. The van der Waals surface area contributed by atoms with Crippen LogP contribution in [-0.2, 0) is 16.6 Å². The van der Waals surface area contributed by atoms with Crippen LogP contribution in [0.3, 0.4) is 0 Å². The lowest BCUT2D eigenvalue weighted by Crippen LogP contribution is -2.60. The highest BCUT2D eigenvalue weighted by atomic mass is 35.5. The number of amides is 1. The third kappa shape index (κ3) is 7.06. The molecule has 1 fully saturated rings. The van der Waals surface area contributed by atoms with Crippen molar-refractivity contribution < 1.29 is 22.7 Å². The molecule has 1 aliphatic rings. The van der Waals surface area contributed by atoms with Gasteiger partial charge in [0.2, 0.25) is 10.0 Å². The van der Waals surface area contributed by atoms with E-state index in [2.05, 4.69) is 9.71 Å². The number of aromatic nitrogens is 1. The third-order valence-electron chi connectivity index (χ3n) is 4.68. The molecule has 3 rings (SSSR count). The Hall–Kier alpha value is -2.40. The molecule has 1 aliphatic heterocycles. The van der Waals surface area contributed by atoms with Crippen molar-refractivity contribution in [2.45, 2.75) is 32.7 Å². The molecule has 174 valence electrons. The number of carbonyl (C=O) groups excluding carboxylic acids is 1. The highest BCUT2D eigenvalue weighted by Crippen LogP contribution is 2.27. The Morgan fingerprint density at radius 1 is 1.31 bits per heavy atom. The van der Waals surface area contributed by atoms with Crippen LogP contribution in [0.15, 0.2) is 42.7 Å². The van der Waals surface area contributed by atoms with Crippen LogP contribution in [0, 0.1) is 0 Å². The lowest BCUT2D eigenvalue weighted by Gasteiger charge is -2.40. The topological polar surface area (TPSA) is 101 Å². The lowest BCUT2D eigenvalue weighted by molar-refractivity contribution is 0.0626. The predicted octanol–water partition coefficient (Wildman–Crippen LogP) is 2.71. The summed E-state index contributed by atoms with van der Waals surface area (Å²) in [5, 5.41) is 0.510. The Labute approximate surface area is 193 Å². The van der Waals surface area contributed by atoms with Crippen LogP contribution in [0.4, 0.5) is 4.79 Å². The van der Waals surface area contributed by atoms with Crippen molar-refractivity contribution in [1.82, 2.24) is 19.5 Å². The molecule has 1 aromatic carbocycles. The molecular formula is C21H27ClN4O5S. The summed E-state index contributed by atoms with van der Waals surface area (Å²) in [6.45, 7) is 5.24. The second-order valence-corrected chi connectivity index (χ2v) is 10.00. The number of nitrogens with zero attached hydrogens (tertiary/aromatic N) is 3. The maximum absolute atomic E-state index is 12.6. The molecule has 0 saturated carbocycles. The van der Waals surface area contributed by atoms with Crippen molar-refractivity contribution in [3.63, 3.8) is 0 Å². The molecule has 1 amide bonds. The van der Waals surface area contributed by atoms with E-state index in [1.54, 1.807) is 24.4 Å². The van der Waals surface area contributed by atoms with Gasteiger partial charge in [0.05, 0.1) is 36.3 Å². The summed E-state index contributed by atoms with van der Waals surface area (Å²) < 4.78 is 37.6. The number of hydrogen-bond acceptors (Lipinski definition) is 7. The fourth-order valence-corrected chi connectivity index (χ4v) is 4.21. The van der Waals surface area contributed by atoms with Crippen LogP contribution < -0.4 is 14.2 Å². The van der Waals surface area contributed by atoms with E-state index in [0.29, 0.717) is 36.2 Å². The molecule has 9 nitrogen and oxygen atoms in total. The average molecular weight is 483 g/mol. The first-order valence-corrected chi connectivity index (χ1v) is 12.4. The number of sulfonamides is 1. The van der Waals surface area contributed by atoms with Gasteiger partial charge in [-0.3, -0.25) is 9.88 Å². The fraction of sp³-hybridized carbons (Fsp3) is 0.429. The molecule has 0 radical (unpaired) electrons. The van der Waals surface area contributed by atoms with Gasteiger partial charge in [-0.25, -0.2) is 13.2 Å². The van der Waals surface area contributed by atoms with Gasteiger partial charge in [-0.1, -0.05) is 17.7 Å². The zero-order chi connectivity index (χ0) is 23.3. The predicted molar refractivity (Wildman–Crippen MR) is 121 cm³/mol. The zero-order valence-corrected chi connectivity index (χ0v) is 19.8. The van der Waals surface area contributed by atoms with Crippen molar-refractivity contribution in [2.75, 3.05) is 25.9 Å². The van der Waals surface area contributed by atoms with Crippen LogP contribution in [0.2, 0.25) is 5.02 Å². The van der Waals surface area contributed by atoms with E-state index < -0.39 is 22.3 Å². The molecule has 0 spiro atoms. The van der Waals surface area contributed by atoms with Crippen LogP contribution >= 0.6 is 11.6 Å². The van der Waals surface area contributed by atoms with E-state index in [1.807, 2.05) is 30.9 Å². The number of hydrogen-bond donors (Lipinski definition) is 1. The third-order valence-corrected chi connectivity index (χ3v) is 5.70. The summed E-state index contributed by atoms with van der Waals surface area (Å²) in [7, 11) is -3.51. The number of piperazine rings is 1. The average Bonchev–Trinajstić information content (AvgIpc) is 2.71. The minimum atomic E-state index is -3.51. The van der Waals surface area contributed by atoms with Crippen LogP contribution in [0.5, 0.6) is 11.5 Å². The van der Waals surface area contributed by atoms with Crippen LogP contribution in [0.1, 0.15) is 19.4 Å². The highest BCUT2D eigenvalue weighted by molar-refractivity contribution is 7.88. The van der Waals surface area contributed by atoms with Gasteiger partial charge in [0.1, 0.15) is 5.75 Å². The molecule has 0 bridgehead atoms. The van der Waals surface area contributed by atoms with Gasteiger partial charge in [0.25, 0.3) is 0 Å². The summed E-state index contributed by atoms with van der Waals surface area (Å²) in [5.41, 5.74) is 0.914. The van der Waals surface area contributed by atoms with E-state index >= 15 is 0 Å².